The minimum Gasteiger partial charge on any atom is -0.308 e. The van der Waals surface area contributed by atoms with E-state index in [2.05, 4.69) is 195 Å². The Morgan fingerprint density at radius 3 is 1.08 bits per heavy atom. The second-order valence-electron chi connectivity index (χ2n) is 24.5. The number of benzene rings is 8. The summed E-state index contributed by atoms with van der Waals surface area (Å²) in [5.74, 6) is 1.50. The molecule has 0 N–H and O–H groups in total. The molecule has 3 heterocycles. The van der Waals surface area contributed by atoms with Crippen molar-refractivity contribution in [1.82, 2.24) is 24.1 Å². The second-order valence-corrected chi connectivity index (χ2v) is 24.5. The van der Waals surface area contributed by atoms with E-state index in [-0.39, 0.29) is 21.7 Å². The van der Waals surface area contributed by atoms with Gasteiger partial charge >= 0.3 is 0 Å². The fourth-order valence-electron chi connectivity index (χ4n) is 10.6. The molecule has 8 aromatic carbocycles. The topological polar surface area (TPSA) is 96.1 Å². The third-order valence-electron chi connectivity index (χ3n) is 15.1. The normalized spacial score (nSPS) is 12.4. The molecule has 11 rings (SSSR count). The summed E-state index contributed by atoms with van der Waals surface area (Å²) >= 11 is 0. The van der Waals surface area contributed by atoms with Gasteiger partial charge < -0.3 is 9.13 Å². The quantitative estimate of drug-likeness (QED) is 0.165. The van der Waals surface area contributed by atoms with E-state index in [4.69, 9.17) is 15.0 Å². The van der Waals surface area contributed by atoms with Crippen molar-refractivity contribution in [3.05, 3.63) is 197 Å². The first-order valence-electron chi connectivity index (χ1n) is 26.3. The summed E-state index contributed by atoms with van der Waals surface area (Å²) < 4.78 is 4.67. The third kappa shape index (κ3) is 8.80. The zero-order valence-electron chi connectivity index (χ0n) is 45.7. The number of nitrogens with zero attached hydrogens (tertiary/aromatic N) is 7. The zero-order chi connectivity index (χ0) is 53.6. The molecule has 0 radical (unpaired) electrons. The van der Waals surface area contributed by atoms with E-state index in [1.807, 2.05) is 72.8 Å². The molecule has 0 saturated carbocycles. The van der Waals surface area contributed by atoms with Crippen LogP contribution >= 0.6 is 0 Å². The predicted octanol–water partition coefficient (Wildman–Crippen LogP) is 17.7. The number of fused-ring (bicyclic) bond motifs is 6. The van der Waals surface area contributed by atoms with Gasteiger partial charge in [-0.15, -0.1) is 0 Å². The van der Waals surface area contributed by atoms with E-state index in [0.717, 1.165) is 72.0 Å². The van der Waals surface area contributed by atoms with Crippen LogP contribution in [-0.4, -0.2) is 24.1 Å². The molecule has 0 aliphatic carbocycles. The van der Waals surface area contributed by atoms with Crippen LogP contribution in [-0.2, 0) is 21.7 Å². The molecule has 0 amide bonds. The summed E-state index contributed by atoms with van der Waals surface area (Å²) in [6, 6.07) is 62.3. The van der Waals surface area contributed by atoms with Crippen LogP contribution in [0.5, 0.6) is 0 Å². The first-order valence-corrected chi connectivity index (χ1v) is 26.3. The SMILES string of the molecule is CC(C)(C)c1ccc2c(c1)c1cc(C(C)(C)C)ccc1n2-c1cc(C#N)ccc1-c1nc(-c2ccccc2)nc(-c2ccc(-c3ccc(C#N)cc3)cc2-n2c3ccc(C(C)(C)C)cc3c3cc(C(C)(C)C)ccc32)n1. The molecule has 7 nitrogen and oxygen atoms in total. The summed E-state index contributed by atoms with van der Waals surface area (Å²) in [5.41, 5.74) is 16.1. The average Bonchev–Trinajstić information content (AvgIpc) is 3.96. The molecule has 0 unspecified atom stereocenters. The lowest BCUT2D eigenvalue weighted by molar-refractivity contribution is 0.590. The van der Waals surface area contributed by atoms with E-state index >= 15 is 0 Å². The van der Waals surface area contributed by atoms with Gasteiger partial charge in [-0.05, 0) is 146 Å². The van der Waals surface area contributed by atoms with E-state index in [0.29, 0.717) is 28.6 Å². The number of rotatable bonds is 6. The summed E-state index contributed by atoms with van der Waals surface area (Å²) in [6.45, 7) is 27.1. The Kier molecular flexibility index (Phi) is 11.8. The maximum Gasteiger partial charge on any atom is 0.166 e. The van der Waals surface area contributed by atoms with Gasteiger partial charge in [0.15, 0.2) is 17.5 Å². The molecule has 0 atom stereocenters. The molecule has 0 fully saturated rings. The molecule has 0 saturated heterocycles. The molecule has 7 heteroatoms. The van der Waals surface area contributed by atoms with Crippen LogP contribution in [0.25, 0.3) is 100 Å². The lowest BCUT2D eigenvalue weighted by Gasteiger charge is -2.20. The smallest absolute Gasteiger partial charge is 0.166 e. The molecule has 0 spiro atoms. The van der Waals surface area contributed by atoms with Gasteiger partial charge in [-0.1, -0.05) is 156 Å². The number of nitriles is 2. The number of hydrogen-bond acceptors (Lipinski definition) is 5. The minimum atomic E-state index is -0.0751. The zero-order valence-corrected chi connectivity index (χ0v) is 45.7. The Morgan fingerprint density at radius 1 is 0.329 bits per heavy atom. The first-order chi connectivity index (χ1) is 36.1. The van der Waals surface area contributed by atoms with Gasteiger partial charge in [-0.25, -0.2) is 15.0 Å². The molecule has 76 heavy (non-hydrogen) atoms. The minimum absolute atomic E-state index is 0.0751. The van der Waals surface area contributed by atoms with Crippen LogP contribution in [0.2, 0.25) is 0 Å². The lowest BCUT2D eigenvalue weighted by Crippen LogP contribution is -2.10. The van der Waals surface area contributed by atoms with Crippen molar-refractivity contribution in [2.24, 2.45) is 0 Å². The Labute approximate surface area is 446 Å². The van der Waals surface area contributed by atoms with Crippen molar-refractivity contribution >= 4 is 43.6 Å². The molecule has 3 aromatic heterocycles. The number of aromatic nitrogens is 5. The van der Waals surface area contributed by atoms with E-state index in [1.165, 1.54) is 33.0 Å². The van der Waals surface area contributed by atoms with Crippen LogP contribution < -0.4 is 0 Å². The lowest BCUT2D eigenvalue weighted by atomic mass is 9.85. The Bertz CT molecular complexity index is 4060. The average molecular weight is 990 g/mol. The molecule has 11 aromatic rings. The van der Waals surface area contributed by atoms with Crippen LogP contribution in [0.1, 0.15) is 116 Å². The van der Waals surface area contributed by atoms with E-state index in [1.54, 1.807) is 0 Å². The third-order valence-corrected chi connectivity index (χ3v) is 15.1. The molecule has 374 valence electrons. The second kappa shape index (κ2) is 18.0. The van der Waals surface area contributed by atoms with Gasteiger partial charge in [0.2, 0.25) is 0 Å². The molecule has 0 aliphatic heterocycles. The van der Waals surface area contributed by atoms with E-state index < -0.39 is 0 Å². The van der Waals surface area contributed by atoms with Crippen molar-refractivity contribution in [1.29, 1.82) is 10.5 Å². The molecular weight excluding hydrogens is 927 g/mol. The van der Waals surface area contributed by atoms with Crippen LogP contribution in [0.3, 0.4) is 0 Å². The summed E-state index contributed by atoms with van der Waals surface area (Å²) in [4.78, 5) is 16.3. The highest BCUT2D eigenvalue weighted by molar-refractivity contribution is 6.12. The Balaban J connectivity index is 1.23. The maximum atomic E-state index is 10.6. The summed E-state index contributed by atoms with van der Waals surface area (Å²) in [6.07, 6.45) is 0. The summed E-state index contributed by atoms with van der Waals surface area (Å²) in [5, 5.41) is 25.0. The maximum absolute atomic E-state index is 10.6. The first kappa shape index (κ1) is 49.6. The van der Waals surface area contributed by atoms with Crippen molar-refractivity contribution in [3.63, 3.8) is 0 Å². The highest BCUT2D eigenvalue weighted by Crippen LogP contribution is 2.44. The van der Waals surface area contributed by atoms with Crippen molar-refractivity contribution in [3.8, 4) is 68.8 Å². The molecular formula is C69H63N7. The standard InChI is InChI=1S/C69H63N7/c1-66(2,3)47-24-30-57-53(36-47)54-37-48(67(4,5)6)25-31-58(54)75(57)61-34-43(41-71)20-28-51(61)64-72-63(45-16-14-13-15-17-45)73-65(74-64)52-29-23-46(44-21-18-42(40-70)19-22-44)35-62(52)76-59-32-26-49(68(7,8)9)38-55(59)56-39-50(69(10,11)12)27-33-60(56)76/h13-39H,1-12H3. The van der Waals surface area contributed by atoms with Crippen LogP contribution in [0, 0.1) is 22.7 Å². The van der Waals surface area contributed by atoms with Crippen molar-refractivity contribution in [2.75, 3.05) is 0 Å². The van der Waals surface area contributed by atoms with Gasteiger partial charge in [0.05, 0.1) is 56.7 Å². The van der Waals surface area contributed by atoms with Crippen LogP contribution in [0.15, 0.2) is 164 Å². The van der Waals surface area contributed by atoms with Gasteiger partial charge in [-0.3, -0.25) is 0 Å². The summed E-state index contributed by atoms with van der Waals surface area (Å²) in [7, 11) is 0. The van der Waals surface area contributed by atoms with Gasteiger partial charge in [0.25, 0.3) is 0 Å². The Hall–Kier alpha value is -8.65. The van der Waals surface area contributed by atoms with Gasteiger partial charge in [-0.2, -0.15) is 10.5 Å². The van der Waals surface area contributed by atoms with E-state index in [9.17, 15) is 10.5 Å². The predicted molar refractivity (Wildman–Crippen MR) is 314 cm³/mol. The fraction of sp³-hybridized carbons (Fsp3) is 0.232. The van der Waals surface area contributed by atoms with Gasteiger partial charge in [0, 0.05) is 38.2 Å². The highest BCUT2D eigenvalue weighted by Gasteiger charge is 2.27. The number of hydrogen-bond donors (Lipinski definition) is 0. The van der Waals surface area contributed by atoms with Crippen LogP contribution in [0.4, 0.5) is 0 Å². The molecule has 0 bridgehead atoms. The van der Waals surface area contributed by atoms with Crippen molar-refractivity contribution in [2.45, 2.75) is 105 Å². The molecule has 0 aliphatic rings. The monoisotopic (exact) mass is 990 g/mol. The Morgan fingerprint density at radius 2 is 0.684 bits per heavy atom. The van der Waals surface area contributed by atoms with Crippen molar-refractivity contribution < 1.29 is 0 Å². The fourth-order valence-corrected chi connectivity index (χ4v) is 10.6. The highest BCUT2D eigenvalue weighted by atomic mass is 15.1. The van der Waals surface area contributed by atoms with Gasteiger partial charge in [0.1, 0.15) is 0 Å². The largest absolute Gasteiger partial charge is 0.308 e.